The van der Waals surface area contributed by atoms with Crippen LogP contribution < -0.4 is 4.74 Å². The first-order valence-electron chi connectivity index (χ1n) is 9.98. The van der Waals surface area contributed by atoms with Crippen molar-refractivity contribution in [2.45, 2.75) is 25.5 Å². The molecule has 1 saturated heterocycles. The van der Waals surface area contributed by atoms with Crippen molar-refractivity contribution >= 4 is 5.91 Å². The number of para-hydroxylation sites is 1. The summed E-state index contributed by atoms with van der Waals surface area (Å²) in [4.78, 5) is 15.0. The summed E-state index contributed by atoms with van der Waals surface area (Å²) in [5.41, 5.74) is 1.52. The van der Waals surface area contributed by atoms with E-state index >= 15 is 0 Å². The number of ether oxygens (including phenoxy) is 2. The van der Waals surface area contributed by atoms with Crippen molar-refractivity contribution in [3.8, 4) is 11.4 Å². The third kappa shape index (κ3) is 4.52. The van der Waals surface area contributed by atoms with E-state index in [1.54, 1.807) is 42.5 Å². The van der Waals surface area contributed by atoms with Crippen molar-refractivity contribution in [2.24, 2.45) is 0 Å². The molecule has 1 atom stereocenters. The molecule has 1 amide bonds. The average Bonchev–Trinajstić information content (AvgIpc) is 3.45. The SMILES string of the molecule is COc1cccc(CN(CC2CCCO2)C(=O)c2ccn(-c3ccccc3F)n2)c1. The van der Waals surface area contributed by atoms with E-state index in [0.29, 0.717) is 25.4 Å². The van der Waals surface area contributed by atoms with Gasteiger partial charge in [0.15, 0.2) is 5.69 Å². The lowest BCUT2D eigenvalue weighted by Gasteiger charge is -2.25. The van der Waals surface area contributed by atoms with E-state index in [4.69, 9.17) is 9.47 Å². The molecule has 0 aliphatic carbocycles. The first kappa shape index (κ1) is 20.1. The van der Waals surface area contributed by atoms with Gasteiger partial charge in [0.2, 0.25) is 0 Å². The number of aromatic nitrogens is 2. The molecule has 156 valence electrons. The zero-order valence-corrected chi connectivity index (χ0v) is 16.8. The number of benzene rings is 2. The van der Waals surface area contributed by atoms with Gasteiger partial charge < -0.3 is 14.4 Å². The van der Waals surface area contributed by atoms with Gasteiger partial charge in [0.05, 0.1) is 13.2 Å². The molecule has 0 spiro atoms. The molecule has 7 heteroatoms. The summed E-state index contributed by atoms with van der Waals surface area (Å²) in [5.74, 6) is 0.122. The van der Waals surface area contributed by atoms with E-state index < -0.39 is 5.82 Å². The third-order valence-electron chi connectivity index (χ3n) is 5.15. The summed E-state index contributed by atoms with van der Waals surface area (Å²) in [6.45, 7) is 1.60. The average molecular weight is 409 g/mol. The fraction of sp³-hybridized carbons (Fsp3) is 0.304. The summed E-state index contributed by atoms with van der Waals surface area (Å²) in [6, 6.07) is 15.6. The highest BCUT2D eigenvalue weighted by Gasteiger charge is 2.25. The number of hydrogen-bond donors (Lipinski definition) is 0. The molecule has 6 nitrogen and oxygen atoms in total. The molecule has 1 aliphatic rings. The van der Waals surface area contributed by atoms with Crippen LogP contribution in [0.15, 0.2) is 60.8 Å². The zero-order valence-electron chi connectivity index (χ0n) is 16.8. The van der Waals surface area contributed by atoms with Gasteiger partial charge in [0.1, 0.15) is 17.3 Å². The number of carbonyl (C=O) groups is 1. The molecule has 0 bridgehead atoms. The lowest BCUT2D eigenvalue weighted by atomic mass is 10.1. The minimum Gasteiger partial charge on any atom is -0.497 e. The predicted molar refractivity (Wildman–Crippen MR) is 110 cm³/mol. The smallest absolute Gasteiger partial charge is 0.274 e. The van der Waals surface area contributed by atoms with Crippen molar-refractivity contribution in [2.75, 3.05) is 20.3 Å². The van der Waals surface area contributed by atoms with Crippen LogP contribution in [0.1, 0.15) is 28.9 Å². The van der Waals surface area contributed by atoms with Gasteiger partial charge in [0, 0.05) is 25.9 Å². The number of halogens is 1. The van der Waals surface area contributed by atoms with Gasteiger partial charge in [-0.1, -0.05) is 24.3 Å². The summed E-state index contributed by atoms with van der Waals surface area (Å²) in [7, 11) is 1.61. The van der Waals surface area contributed by atoms with Crippen LogP contribution in [0.25, 0.3) is 5.69 Å². The number of nitrogens with zero attached hydrogens (tertiary/aromatic N) is 3. The highest BCUT2D eigenvalue weighted by molar-refractivity contribution is 5.92. The first-order chi connectivity index (χ1) is 14.6. The minimum absolute atomic E-state index is 0.00760. The molecule has 2 aromatic carbocycles. The Kier molecular flexibility index (Phi) is 6.09. The molecular weight excluding hydrogens is 385 g/mol. The van der Waals surface area contributed by atoms with Crippen LogP contribution in [0.4, 0.5) is 4.39 Å². The Balaban J connectivity index is 1.58. The molecule has 30 heavy (non-hydrogen) atoms. The van der Waals surface area contributed by atoms with Crippen LogP contribution in [0.5, 0.6) is 5.75 Å². The summed E-state index contributed by atoms with van der Waals surface area (Å²) in [6.07, 6.45) is 3.52. The van der Waals surface area contributed by atoms with Crippen LogP contribution in [0.2, 0.25) is 0 Å². The van der Waals surface area contributed by atoms with Gasteiger partial charge in [-0.2, -0.15) is 5.10 Å². The lowest BCUT2D eigenvalue weighted by Crippen LogP contribution is -2.37. The van der Waals surface area contributed by atoms with Crippen molar-refractivity contribution in [1.29, 1.82) is 0 Å². The van der Waals surface area contributed by atoms with E-state index in [9.17, 15) is 9.18 Å². The number of hydrogen-bond acceptors (Lipinski definition) is 4. The molecular formula is C23H24FN3O3. The van der Waals surface area contributed by atoms with Crippen molar-refractivity contribution in [3.05, 3.63) is 77.9 Å². The largest absolute Gasteiger partial charge is 0.497 e. The van der Waals surface area contributed by atoms with Gasteiger partial charge in [-0.15, -0.1) is 0 Å². The molecule has 1 fully saturated rings. The number of amides is 1. The molecule has 3 aromatic rings. The van der Waals surface area contributed by atoms with E-state index in [0.717, 1.165) is 24.2 Å². The van der Waals surface area contributed by atoms with Gasteiger partial charge in [-0.3, -0.25) is 4.79 Å². The topological polar surface area (TPSA) is 56.6 Å². The molecule has 0 N–H and O–H groups in total. The van der Waals surface area contributed by atoms with E-state index in [1.807, 2.05) is 24.3 Å². The van der Waals surface area contributed by atoms with Crippen LogP contribution >= 0.6 is 0 Å². The Labute approximate surface area is 174 Å². The lowest BCUT2D eigenvalue weighted by molar-refractivity contribution is 0.0502. The Bertz CT molecular complexity index is 1010. The molecule has 2 heterocycles. The normalized spacial score (nSPS) is 15.9. The Morgan fingerprint density at radius 3 is 2.90 bits per heavy atom. The Morgan fingerprint density at radius 2 is 2.13 bits per heavy atom. The third-order valence-corrected chi connectivity index (χ3v) is 5.15. The van der Waals surface area contributed by atoms with E-state index in [2.05, 4.69) is 5.10 Å². The maximum absolute atomic E-state index is 14.1. The van der Waals surface area contributed by atoms with Crippen molar-refractivity contribution in [1.82, 2.24) is 14.7 Å². The summed E-state index contributed by atoms with van der Waals surface area (Å²) in [5, 5.41) is 4.33. The fourth-order valence-corrected chi connectivity index (χ4v) is 3.62. The number of carbonyl (C=O) groups excluding carboxylic acids is 1. The van der Waals surface area contributed by atoms with Gasteiger partial charge in [0.25, 0.3) is 5.91 Å². The molecule has 0 saturated carbocycles. The van der Waals surface area contributed by atoms with Gasteiger partial charge in [-0.25, -0.2) is 9.07 Å². The van der Waals surface area contributed by atoms with Crippen LogP contribution in [0, 0.1) is 5.82 Å². The van der Waals surface area contributed by atoms with Gasteiger partial charge >= 0.3 is 0 Å². The van der Waals surface area contributed by atoms with Crippen LogP contribution in [0.3, 0.4) is 0 Å². The van der Waals surface area contributed by atoms with Crippen LogP contribution in [-0.4, -0.2) is 47.0 Å². The van der Waals surface area contributed by atoms with E-state index in [1.165, 1.54) is 10.7 Å². The fourth-order valence-electron chi connectivity index (χ4n) is 3.62. The monoisotopic (exact) mass is 409 g/mol. The second kappa shape index (κ2) is 9.09. The number of rotatable bonds is 7. The quantitative estimate of drug-likeness (QED) is 0.595. The van der Waals surface area contributed by atoms with E-state index in [-0.39, 0.29) is 17.7 Å². The maximum atomic E-state index is 14.1. The molecule has 1 aliphatic heterocycles. The maximum Gasteiger partial charge on any atom is 0.274 e. The molecule has 0 radical (unpaired) electrons. The van der Waals surface area contributed by atoms with Crippen molar-refractivity contribution in [3.63, 3.8) is 0 Å². The molecule has 4 rings (SSSR count). The second-order valence-corrected chi connectivity index (χ2v) is 7.27. The second-order valence-electron chi connectivity index (χ2n) is 7.27. The molecule has 1 unspecified atom stereocenters. The first-order valence-corrected chi connectivity index (χ1v) is 9.98. The predicted octanol–water partition coefficient (Wildman–Crippen LogP) is 3.84. The zero-order chi connectivity index (χ0) is 20.9. The Morgan fingerprint density at radius 1 is 1.27 bits per heavy atom. The van der Waals surface area contributed by atoms with Crippen molar-refractivity contribution < 1.29 is 18.7 Å². The number of methoxy groups -OCH3 is 1. The summed E-state index contributed by atoms with van der Waals surface area (Å²) < 4.78 is 26.5. The van der Waals surface area contributed by atoms with Crippen LogP contribution in [-0.2, 0) is 11.3 Å². The summed E-state index contributed by atoms with van der Waals surface area (Å²) >= 11 is 0. The standard InChI is InChI=1S/C23H24FN3O3/c1-29-18-7-4-6-17(14-18)15-26(16-19-8-5-13-30-19)23(28)21-11-12-27(25-21)22-10-3-2-9-20(22)24/h2-4,6-7,9-12,14,19H,5,8,13,15-16H2,1H3. The highest BCUT2D eigenvalue weighted by atomic mass is 19.1. The Hall–Kier alpha value is -3.19. The minimum atomic E-state index is -0.396. The highest BCUT2D eigenvalue weighted by Crippen LogP contribution is 2.20. The van der Waals surface area contributed by atoms with Gasteiger partial charge in [-0.05, 0) is 48.7 Å². The molecule has 1 aromatic heterocycles.